The maximum absolute atomic E-state index is 12.2. The van der Waals surface area contributed by atoms with Crippen LogP contribution in [0.4, 0.5) is 4.79 Å². The highest BCUT2D eigenvalue weighted by molar-refractivity contribution is 5.72. The van der Waals surface area contributed by atoms with Gasteiger partial charge in [0.2, 0.25) is 0 Å². The summed E-state index contributed by atoms with van der Waals surface area (Å²) in [5.41, 5.74) is 2.98. The lowest BCUT2D eigenvalue weighted by molar-refractivity contribution is -0.147. The Morgan fingerprint density at radius 2 is 2.03 bits per heavy atom. The third-order valence-electron chi connectivity index (χ3n) is 6.89. The van der Waals surface area contributed by atoms with Crippen LogP contribution in [-0.2, 0) is 27.9 Å². The first-order chi connectivity index (χ1) is 17.4. The summed E-state index contributed by atoms with van der Waals surface area (Å²) in [7, 11) is 3.23. The van der Waals surface area contributed by atoms with E-state index in [1.165, 1.54) is 7.11 Å². The van der Waals surface area contributed by atoms with Crippen molar-refractivity contribution in [1.82, 2.24) is 25.3 Å². The number of nitrogens with one attached hydrogen (secondary N) is 1. The third-order valence-corrected chi connectivity index (χ3v) is 6.89. The average molecular weight is 500 g/mol. The van der Waals surface area contributed by atoms with E-state index in [0.717, 1.165) is 62.1 Å². The van der Waals surface area contributed by atoms with Crippen molar-refractivity contribution in [2.45, 2.75) is 89.9 Å². The first-order valence-corrected chi connectivity index (χ1v) is 13.0. The topological polar surface area (TPSA) is 117 Å². The number of carbonyl (C=O) groups is 2. The number of aryl methyl sites for hydroxylation is 1. The molecule has 0 aliphatic heterocycles. The largest absolute Gasteiger partial charge is 0.488 e. The molecule has 2 aliphatic rings. The molecule has 10 nitrogen and oxygen atoms in total. The van der Waals surface area contributed by atoms with Crippen LogP contribution in [0, 0.1) is 5.92 Å². The minimum absolute atomic E-state index is 0.0367. The van der Waals surface area contributed by atoms with E-state index < -0.39 is 6.09 Å². The third kappa shape index (κ3) is 6.33. The average Bonchev–Trinajstić information content (AvgIpc) is 3.65. The second-order valence-electron chi connectivity index (χ2n) is 9.85. The molecule has 0 spiro atoms. The number of rotatable bonds is 10. The van der Waals surface area contributed by atoms with Gasteiger partial charge in [-0.25, -0.2) is 14.5 Å². The first-order valence-electron chi connectivity index (χ1n) is 13.0. The molecule has 2 heterocycles. The molecule has 2 aromatic heterocycles. The van der Waals surface area contributed by atoms with E-state index >= 15 is 0 Å². The second-order valence-corrected chi connectivity index (χ2v) is 9.85. The quantitative estimate of drug-likeness (QED) is 0.481. The number of hydrogen-bond acceptors (Lipinski definition) is 8. The van der Waals surface area contributed by atoms with Gasteiger partial charge in [-0.3, -0.25) is 4.79 Å². The highest BCUT2D eigenvalue weighted by Crippen LogP contribution is 2.44. The number of amides is 1. The Bertz CT molecular complexity index is 1070. The molecule has 196 valence electrons. The van der Waals surface area contributed by atoms with Crippen molar-refractivity contribution in [3.63, 3.8) is 0 Å². The molecule has 3 atom stereocenters. The summed E-state index contributed by atoms with van der Waals surface area (Å²) in [5, 5.41) is 11.3. The smallest absolute Gasteiger partial charge is 0.407 e. The zero-order valence-electron chi connectivity index (χ0n) is 21.7. The number of pyridine rings is 1. The lowest BCUT2D eigenvalue weighted by Crippen LogP contribution is -2.30. The predicted molar refractivity (Wildman–Crippen MR) is 132 cm³/mol. The summed E-state index contributed by atoms with van der Waals surface area (Å²) in [6.07, 6.45) is 6.61. The molecule has 1 N–H and O–H groups in total. The highest BCUT2D eigenvalue weighted by Gasteiger charge is 2.33. The van der Waals surface area contributed by atoms with Crippen molar-refractivity contribution in [3.8, 4) is 17.1 Å². The number of hydrogen-bond donors (Lipinski definition) is 1. The Hall–Kier alpha value is -3.17. The number of nitrogens with zero attached hydrogens (tertiary/aromatic N) is 4. The van der Waals surface area contributed by atoms with E-state index in [9.17, 15) is 9.59 Å². The molecule has 0 bridgehead atoms. The zero-order chi connectivity index (χ0) is 25.7. The number of ether oxygens (including phenoxy) is 3. The highest BCUT2D eigenvalue weighted by atomic mass is 16.6. The van der Waals surface area contributed by atoms with E-state index in [0.29, 0.717) is 23.7 Å². The van der Waals surface area contributed by atoms with Crippen LogP contribution in [0.1, 0.15) is 82.5 Å². The van der Waals surface area contributed by atoms with E-state index in [2.05, 4.69) is 22.6 Å². The van der Waals surface area contributed by atoms with Crippen molar-refractivity contribution in [3.05, 3.63) is 23.5 Å². The van der Waals surface area contributed by atoms with Gasteiger partial charge >= 0.3 is 12.1 Å². The van der Waals surface area contributed by atoms with Gasteiger partial charge in [0.1, 0.15) is 17.5 Å². The Kier molecular flexibility index (Phi) is 8.43. The van der Waals surface area contributed by atoms with Gasteiger partial charge in [-0.15, -0.1) is 5.10 Å². The molecule has 0 saturated heterocycles. The molecular weight excluding hydrogens is 462 g/mol. The van der Waals surface area contributed by atoms with Crippen molar-refractivity contribution in [1.29, 1.82) is 0 Å². The minimum Gasteiger partial charge on any atom is -0.488 e. The van der Waals surface area contributed by atoms with E-state index in [4.69, 9.17) is 19.2 Å². The zero-order valence-corrected chi connectivity index (χ0v) is 21.7. The monoisotopic (exact) mass is 499 g/mol. The van der Waals surface area contributed by atoms with Crippen LogP contribution in [0.2, 0.25) is 0 Å². The van der Waals surface area contributed by atoms with Crippen LogP contribution in [0.5, 0.6) is 5.75 Å². The van der Waals surface area contributed by atoms with Crippen LogP contribution in [0.25, 0.3) is 11.4 Å². The van der Waals surface area contributed by atoms with Gasteiger partial charge in [0.05, 0.1) is 42.8 Å². The van der Waals surface area contributed by atoms with Crippen LogP contribution >= 0.6 is 0 Å². The van der Waals surface area contributed by atoms with Crippen LogP contribution in [-0.4, -0.2) is 51.4 Å². The predicted octanol–water partition coefficient (Wildman–Crippen LogP) is 4.28. The lowest BCUT2D eigenvalue weighted by atomic mass is 9.87. The SMILES string of the molecule is CCC[C@@H](C)OC(=O)NCc1c(-c2ccc(OC3CCCC(C(=O)OC)C3)c(C3CC3)n2)nnn1C. The molecule has 2 unspecified atom stereocenters. The van der Waals surface area contributed by atoms with Crippen LogP contribution in [0.15, 0.2) is 12.1 Å². The summed E-state index contributed by atoms with van der Waals surface area (Å²) in [6.45, 7) is 4.17. The standard InChI is InChI=1S/C26H37N5O5/c1-5-7-16(2)35-26(33)27-15-21-24(29-30-31(21)3)20-12-13-22(23(28-20)17-10-11-17)36-19-9-6-8-18(14-19)25(32)34-4/h12-13,16-19H,5-11,14-15H2,1-4H3,(H,27,33)/t16-,18?,19?/m1/s1. The molecule has 2 fully saturated rings. The van der Waals surface area contributed by atoms with Crippen LogP contribution < -0.4 is 10.1 Å². The molecule has 2 aromatic rings. The maximum Gasteiger partial charge on any atom is 0.407 e. The van der Waals surface area contributed by atoms with Gasteiger partial charge in [0, 0.05) is 13.0 Å². The summed E-state index contributed by atoms with van der Waals surface area (Å²) >= 11 is 0. The maximum atomic E-state index is 12.2. The fourth-order valence-corrected chi connectivity index (χ4v) is 4.77. The van der Waals surface area contributed by atoms with Gasteiger partial charge in [-0.1, -0.05) is 18.6 Å². The van der Waals surface area contributed by atoms with Gasteiger partial charge in [-0.2, -0.15) is 0 Å². The van der Waals surface area contributed by atoms with E-state index in [-0.39, 0.29) is 30.6 Å². The van der Waals surface area contributed by atoms with Crippen LogP contribution in [0.3, 0.4) is 0 Å². The Morgan fingerprint density at radius 3 is 2.75 bits per heavy atom. The first kappa shape index (κ1) is 25.9. The number of esters is 1. The molecule has 2 aliphatic carbocycles. The molecule has 0 radical (unpaired) electrons. The second kappa shape index (κ2) is 11.7. The number of aromatic nitrogens is 4. The Labute approximate surface area is 212 Å². The molecule has 10 heteroatoms. The Balaban J connectivity index is 1.48. The Morgan fingerprint density at radius 1 is 1.22 bits per heavy atom. The van der Waals surface area contributed by atoms with E-state index in [1.807, 2.05) is 19.1 Å². The summed E-state index contributed by atoms with van der Waals surface area (Å²) < 4.78 is 18.4. The summed E-state index contributed by atoms with van der Waals surface area (Å²) in [5.74, 6) is 0.852. The normalized spacial score (nSPS) is 20.4. The molecule has 1 amide bonds. The minimum atomic E-state index is -0.462. The number of alkyl carbamates (subject to hydrolysis) is 1. The summed E-state index contributed by atoms with van der Waals surface area (Å²) in [4.78, 5) is 29.2. The van der Waals surface area contributed by atoms with Crippen molar-refractivity contribution >= 4 is 12.1 Å². The molecule has 4 rings (SSSR count). The number of methoxy groups -OCH3 is 1. The summed E-state index contributed by atoms with van der Waals surface area (Å²) in [6, 6.07) is 3.83. The van der Waals surface area contributed by atoms with Crippen molar-refractivity contribution in [2.75, 3.05) is 7.11 Å². The van der Waals surface area contributed by atoms with Gasteiger partial charge in [-0.05, 0) is 64.0 Å². The molecule has 36 heavy (non-hydrogen) atoms. The lowest BCUT2D eigenvalue weighted by Gasteiger charge is -2.28. The fraction of sp³-hybridized carbons (Fsp3) is 0.654. The van der Waals surface area contributed by atoms with Crippen molar-refractivity contribution < 1.29 is 23.8 Å². The van der Waals surface area contributed by atoms with Gasteiger partial charge in [0.25, 0.3) is 0 Å². The molecule has 0 aromatic carbocycles. The van der Waals surface area contributed by atoms with Gasteiger partial charge in [0.15, 0.2) is 0 Å². The molecule has 2 saturated carbocycles. The fourth-order valence-electron chi connectivity index (χ4n) is 4.77. The number of carbonyl (C=O) groups excluding carboxylic acids is 2. The van der Waals surface area contributed by atoms with E-state index in [1.54, 1.807) is 11.7 Å². The van der Waals surface area contributed by atoms with Gasteiger partial charge < -0.3 is 19.5 Å². The molecular formula is C26H37N5O5. The van der Waals surface area contributed by atoms with Crippen molar-refractivity contribution in [2.24, 2.45) is 13.0 Å².